The summed E-state index contributed by atoms with van der Waals surface area (Å²) < 4.78 is 1.65. The lowest BCUT2D eigenvalue weighted by molar-refractivity contribution is 0.0695. The van der Waals surface area contributed by atoms with Crippen molar-refractivity contribution < 1.29 is 9.90 Å². The Morgan fingerprint density at radius 2 is 2.26 bits per heavy atom. The molecule has 3 unspecified atom stereocenters. The molecular weight excluding hydrogens is 242 g/mol. The van der Waals surface area contributed by atoms with Gasteiger partial charge < -0.3 is 10.4 Å². The molecule has 0 radical (unpaired) electrons. The molecule has 2 N–H and O–H groups in total. The quantitative estimate of drug-likeness (QED) is 0.874. The van der Waals surface area contributed by atoms with Crippen molar-refractivity contribution >= 4 is 5.97 Å². The molecule has 1 aromatic rings. The summed E-state index contributed by atoms with van der Waals surface area (Å²) in [5.41, 5.74) is 1.05. The highest BCUT2D eigenvalue weighted by atomic mass is 16.4. The minimum absolute atomic E-state index is 0.298. The number of carboxylic acid groups (broad SMARTS) is 1. The van der Waals surface area contributed by atoms with Crippen LogP contribution in [0.3, 0.4) is 0 Å². The van der Waals surface area contributed by atoms with Crippen LogP contribution in [0.2, 0.25) is 0 Å². The number of hydrogen-bond acceptors (Lipinski definition) is 3. The highest BCUT2D eigenvalue weighted by Gasteiger charge is 2.25. The van der Waals surface area contributed by atoms with E-state index < -0.39 is 5.97 Å². The molecule has 1 aromatic heterocycles. The first-order valence-electron chi connectivity index (χ1n) is 6.96. The lowest BCUT2D eigenvalue weighted by atomic mass is 9.80. The number of nitrogens with zero attached hydrogens (tertiary/aromatic N) is 2. The van der Waals surface area contributed by atoms with Crippen molar-refractivity contribution in [1.29, 1.82) is 0 Å². The Balaban J connectivity index is 1.99. The van der Waals surface area contributed by atoms with Crippen LogP contribution in [-0.4, -0.2) is 26.9 Å². The summed E-state index contributed by atoms with van der Waals surface area (Å²) in [4.78, 5) is 11.1. The molecule has 3 atom stereocenters. The molecule has 5 nitrogen and oxygen atoms in total. The van der Waals surface area contributed by atoms with E-state index in [-0.39, 0.29) is 0 Å². The normalized spacial score (nSPS) is 27.4. The third kappa shape index (κ3) is 3.15. The van der Waals surface area contributed by atoms with Crippen molar-refractivity contribution in [3.63, 3.8) is 0 Å². The summed E-state index contributed by atoms with van der Waals surface area (Å²) in [6.07, 6.45) is 5.09. The van der Waals surface area contributed by atoms with Crippen LogP contribution in [0.25, 0.3) is 0 Å². The van der Waals surface area contributed by atoms with Crippen LogP contribution in [-0.2, 0) is 13.6 Å². The predicted octanol–water partition coefficient (Wildman–Crippen LogP) is 2.03. The zero-order chi connectivity index (χ0) is 14.0. The van der Waals surface area contributed by atoms with Crippen LogP contribution in [0.1, 0.15) is 49.2 Å². The van der Waals surface area contributed by atoms with Crippen molar-refractivity contribution in [3.8, 4) is 0 Å². The van der Waals surface area contributed by atoms with E-state index >= 15 is 0 Å². The maximum Gasteiger partial charge on any atom is 0.339 e. The van der Waals surface area contributed by atoms with E-state index in [2.05, 4.69) is 24.3 Å². The second-order valence-corrected chi connectivity index (χ2v) is 5.82. The van der Waals surface area contributed by atoms with E-state index in [1.54, 1.807) is 11.7 Å². The van der Waals surface area contributed by atoms with Gasteiger partial charge in [-0.3, -0.25) is 4.68 Å². The summed E-state index contributed by atoms with van der Waals surface area (Å²) in [6, 6.07) is 0.479. The summed E-state index contributed by atoms with van der Waals surface area (Å²) in [7, 11) is 1.79. The van der Waals surface area contributed by atoms with Crippen molar-refractivity contribution in [1.82, 2.24) is 15.1 Å². The molecule has 0 aromatic carbocycles. The number of aryl methyl sites for hydroxylation is 1. The van der Waals surface area contributed by atoms with Gasteiger partial charge in [-0.15, -0.1) is 0 Å². The molecule has 5 heteroatoms. The van der Waals surface area contributed by atoms with Crippen LogP contribution in [0.4, 0.5) is 0 Å². The van der Waals surface area contributed by atoms with Gasteiger partial charge in [0.15, 0.2) is 0 Å². The van der Waals surface area contributed by atoms with E-state index in [0.29, 0.717) is 24.1 Å². The zero-order valence-electron chi connectivity index (χ0n) is 11.9. The first-order valence-corrected chi connectivity index (χ1v) is 6.96. The molecule has 1 saturated carbocycles. The van der Waals surface area contributed by atoms with E-state index in [9.17, 15) is 4.79 Å². The van der Waals surface area contributed by atoms with Crippen molar-refractivity contribution in [2.45, 2.75) is 45.7 Å². The van der Waals surface area contributed by atoms with E-state index in [1.807, 2.05) is 0 Å². The molecule has 106 valence electrons. The van der Waals surface area contributed by atoms with Gasteiger partial charge in [0.05, 0.1) is 11.9 Å². The Morgan fingerprint density at radius 3 is 2.89 bits per heavy atom. The molecule has 1 heterocycles. The number of carboxylic acids is 1. The Hall–Kier alpha value is -1.36. The monoisotopic (exact) mass is 265 g/mol. The first-order chi connectivity index (χ1) is 8.99. The van der Waals surface area contributed by atoms with Gasteiger partial charge >= 0.3 is 5.97 Å². The van der Waals surface area contributed by atoms with Crippen LogP contribution >= 0.6 is 0 Å². The summed E-state index contributed by atoms with van der Waals surface area (Å²) >= 11 is 0. The Kier molecular flexibility index (Phi) is 4.24. The Labute approximate surface area is 114 Å². The van der Waals surface area contributed by atoms with Gasteiger partial charge in [-0.05, 0) is 31.1 Å². The second-order valence-electron chi connectivity index (χ2n) is 5.82. The number of aromatic carboxylic acids is 1. The number of hydrogen-bond donors (Lipinski definition) is 2. The maximum absolute atomic E-state index is 11.1. The predicted molar refractivity (Wildman–Crippen MR) is 73.0 cm³/mol. The molecule has 0 aliphatic heterocycles. The van der Waals surface area contributed by atoms with Gasteiger partial charge in [0.1, 0.15) is 5.56 Å². The second kappa shape index (κ2) is 5.74. The average molecular weight is 265 g/mol. The molecule has 1 fully saturated rings. The van der Waals surface area contributed by atoms with E-state index in [1.165, 1.54) is 25.5 Å². The fourth-order valence-corrected chi connectivity index (χ4v) is 3.05. The molecule has 19 heavy (non-hydrogen) atoms. The standard InChI is InChI=1S/C14H23N3O2/c1-9-4-5-12(10(2)6-9)15-8-13-11(14(18)19)7-16-17(13)3/h7,9-10,12,15H,4-6,8H2,1-3H3,(H,18,19). The topological polar surface area (TPSA) is 67.2 Å². The molecule has 2 rings (SSSR count). The summed E-state index contributed by atoms with van der Waals surface area (Å²) in [6.45, 7) is 5.15. The molecule has 0 saturated heterocycles. The van der Waals surface area contributed by atoms with Crippen LogP contribution < -0.4 is 5.32 Å². The third-order valence-electron chi connectivity index (χ3n) is 4.26. The third-order valence-corrected chi connectivity index (χ3v) is 4.26. The zero-order valence-corrected chi connectivity index (χ0v) is 11.9. The van der Waals surface area contributed by atoms with Gasteiger partial charge in [0.25, 0.3) is 0 Å². The van der Waals surface area contributed by atoms with E-state index in [0.717, 1.165) is 11.6 Å². The van der Waals surface area contributed by atoms with Crippen LogP contribution in [0.5, 0.6) is 0 Å². The van der Waals surface area contributed by atoms with E-state index in [4.69, 9.17) is 5.11 Å². The average Bonchev–Trinajstić information content (AvgIpc) is 2.70. The highest BCUT2D eigenvalue weighted by molar-refractivity contribution is 5.88. The summed E-state index contributed by atoms with van der Waals surface area (Å²) in [5, 5.41) is 16.7. The number of carbonyl (C=O) groups is 1. The number of rotatable bonds is 4. The van der Waals surface area contributed by atoms with Gasteiger partial charge in [0, 0.05) is 19.6 Å². The highest BCUT2D eigenvalue weighted by Crippen LogP contribution is 2.28. The molecular formula is C14H23N3O2. The first kappa shape index (κ1) is 14.1. The minimum Gasteiger partial charge on any atom is -0.478 e. The van der Waals surface area contributed by atoms with Crippen molar-refractivity contribution in [3.05, 3.63) is 17.5 Å². The molecule has 1 aliphatic rings. The molecule has 0 amide bonds. The number of aromatic nitrogens is 2. The smallest absolute Gasteiger partial charge is 0.339 e. The Bertz CT molecular complexity index is 456. The lowest BCUT2D eigenvalue weighted by Crippen LogP contribution is -2.39. The van der Waals surface area contributed by atoms with Crippen molar-refractivity contribution in [2.75, 3.05) is 0 Å². The van der Waals surface area contributed by atoms with Gasteiger partial charge in [-0.1, -0.05) is 13.8 Å². The summed E-state index contributed by atoms with van der Waals surface area (Å²) in [5.74, 6) is 0.541. The number of nitrogens with one attached hydrogen (secondary N) is 1. The molecule has 0 spiro atoms. The Morgan fingerprint density at radius 1 is 1.53 bits per heavy atom. The van der Waals surface area contributed by atoms with Crippen LogP contribution in [0, 0.1) is 11.8 Å². The van der Waals surface area contributed by atoms with Crippen LogP contribution in [0.15, 0.2) is 6.20 Å². The van der Waals surface area contributed by atoms with Gasteiger partial charge in [-0.2, -0.15) is 5.10 Å². The van der Waals surface area contributed by atoms with Gasteiger partial charge in [-0.25, -0.2) is 4.79 Å². The minimum atomic E-state index is -0.907. The van der Waals surface area contributed by atoms with Crippen molar-refractivity contribution in [2.24, 2.45) is 18.9 Å². The van der Waals surface area contributed by atoms with Gasteiger partial charge in [0.2, 0.25) is 0 Å². The SMILES string of the molecule is CC1CCC(NCc2c(C(=O)O)cnn2C)C(C)C1. The molecule has 0 bridgehead atoms. The fraction of sp³-hybridized carbons (Fsp3) is 0.714. The lowest BCUT2D eigenvalue weighted by Gasteiger charge is -2.33. The molecule has 1 aliphatic carbocycles. The fourth-order valence-electron chi connectivity index (χ4n) is 3.05. The maximum atomic E-state index is 11.1. The largest absolute Gasteiger partial charge is 0.478 e.